The van der Waals surface area contributed by atoms with Crippen molar-refractivity contribution in [3.8, 4) is 0 Å². The summed E-state index contributed by atoms with van der Waals surface area (Å²) in [4.78, 5) is 64.6. The van der Waals surface area contributed by atoms with Gasteiger partial charge in [0.05, 0.1) is 32.8 Å². The topological polar surface area (TPSA) is 157 Å². The number of carbonyl (C=O) groups excluding carboxylic acids is 5. The van der Waals surface area contributed by atoms with Gasteiger partial charge in [-0.2, -0.15) is 0 Å². The average molecular weight is 740 g/mol. The molecule has 0 saturated heterocycles. The molecule has 2 aromatic rings. The second-order valence-corrected chi connectivity index (χ2v) is 14.5. The van der Waals surface area contributed by atoms with Crippen LogP contribution in [-0.4, -0.2) is 91.9 Å². The highest BCUT2D eigenvalue weighted by molar-refractivity contribution is 5.96. The van der Waals surface area contributed by atoms with E-state index >= 15 is 0 Å². The van der Waals surface area contributed by atoms with Gasteiger partial charge in [-0.15, -0.1) is 0 Å². The number of ether oxygens (including phenoxy) is 3. The van der Waals surface area contributed by atoms with Gasteiger partial charge in [-0.1, -0.05) is 18.6 Å². The minimum absolute atomic E-state index is 0.0287. The first-order valence-electron chi connectivity index (χ1n) is 19.1. The number of carbonyl (C=O) groups is 5. The molecule has 4 amide bonds. The third kappa shape index (κ3) is 16.5. The highest BCUT2D eigenvalue weighted by Gasteiger charge is 2.28. The number of hydrogen-bond acceptors (Lipinski definition) is 8. The molecule has 13 nitrogen and oxygen atoms in total. The lowest BCUT2D eigenvalue weighted by molar-refractivity contribution is -0.156. The Labute approximate surface area is 314 Å². The van der Waals surface area contributed by atoms with Crippen molar-refractivity contribution in [1.82, 2.24) is 20.5 Å². The smallest absolute Gasteiger partial charge is 0.308 e. The maximum atomic E-state index is 13.2. The summed E-state index contributed by atoms with van der Waals surface area (Å²) in [7, 11) is 0. The molecule has 53 heavy (non-hydrogen) atoms. The number of nitrogens with one attached hydrogen (secondary N) is 3. The lowest BCUT2D eigenvalue weighted by Crippen LogP contribution is -2.42. The van der Waals surface area contributed by atoms with Crippen LogP contribution in [0.25, 0.3) is 0 Å². The molecule has 0 radical (unpaired) electrons. The second-order valence-electron chi connectivity index (χ2n) is 14.5. The van der Waals surface area contributed by atoms with Crippen LogP contribution in [0.2, 0.25) is 0 Å². The fraction of sp³-hybridized carbons (Fsp3) is 0.625. The number of nitrogens with zero attached hydrogens (tertiary/aromatic N) is 2. The molecule has 0 unspecified atom stereocenters. The minimum atomic E-state index is -0.503. The van der Waals surface area contributed by atoms with E-state index in [2.05, 4.69) is 16.0 Å². The molecule has 0 bridgehead atoms. The maximum Gasteiger partial charge on any atom is 0.308 e. The lowest BCUT2D eigenvalue weighted by atomic mass is 9.85. The van der Waals surface area contributed by atoms with Gasteiger partial charge in [-0.05, 0) is 103 Å². The standard InChI is InChI=1S/C40H61N5O8/c1-6-45(33-13-10-12-30(2)28-33)36(47)29-44-23-11-14-34(44)39(50)43-32-18-16-31(17-19-32)38(49)42-21-9-7-8-15-35(46)41-22-25-52-27-26-51-24-20-37(48)53-40(3,4)5/h10-14,23,28,31-32H,6-9,15-22,24-27,29H2,1-5H3,(H,41,46)(H,42,49)(H,43,50)/t31-,32-. The molecule has 13 heteroatoms. The summed E-state index contributed by atoms with van der Waals surface area (Å²) >= 11 is 0. The first kappa shape index (κ1) is 43.2. The Balaban J connectivity index is 1.20. The Bertz CT molecular complexity index is 1460. The molecule has 1 heterocycles. The number of anilines is 1. The van der Waals surface area contributed by atoms with Crippen LogP contribution >= 0.6 is 0 Å². The summed E-state index contributed by atoms with van der Waals surface area (Å²) in [5.41, 5.74) is 1.85. The van der Waals surface area contributed by atoms with Crippen molar-refractivity contribution in [3.63, 3.8) is 0 Å². The van der Waals surface area contributed by atoms with Crippen LogP contribution in [0.1, 0.15) is 102 Å². The summed E-state index contributed by atoms with van der Waals surface area (Å²) in [6, 6.07) is 11.3. The van der Waals surface area contributed by atoms with Gasteiger partial charge in [0.15, 0.2) is 0 Å². The van der Waals surface area contributed by atoms with E-state index in [1.54, 1.807) is 27.8 Å². The van der Waals surface area contributed by atoms with Crippen LogP contribution in [0.4, 0.5) is 5.69 Å². The van der Waals surface area contributed by atoms with Crippen LogP contribution in [0.5, 0.6) is 0 Å². The van der Waals surface area contributed by atoms with Gasteiger partial charge in [-0.3, -0.25) is 24.0 Å². The van der Waals surface area contributed by atoms with Crippen molar-refractivity contribution in [2.24, 2.45) is 5.92 Å². The summed E-state index contributed by atoms with van der Waals surface area (Å²) in [6.45, 7) is 12.4. The first-order valence-corrected chi connectivity index (χ1v) is 19.1. The molecule has 1 aromatic heterocycles. The minimum Gasteiger partial charge on any atom is -0.460 e. The maximum absolute atomic E-state index is 13.2. The number of benzene rings is 1. The van der Waals surface area contributed by atoms with E-state index < -0.39 is 5.60 Å². The predicted octanol–water partition coefficient (Wildman–Crippen LogP) is 4.70. The molecule has 1 saturated carbocycles. The molecule has 3 rings (SSSR count). The third-order valence-electron chi connectivity index (χ3n) is 8.92. The Morgan fingerprint density at radius 3 is 2.28 bits per heavy atom. The number of unbranched alkanes of at least 4 members (excludes halogenated alkanes) is 2. The number of hydrogen-bond donors (Lipinski definition) is 3. The number of esters is 1. The Hall–Kier alpha value is -4.23. The van der Waals surface area contributed by atoms with Crippen LogP contribution < -0.4 is 20.9 Å². The van der Waals surface area contributed by atoms with Gasteiger partial charge >= 0.3 is 5.97 Å². The molecule has 0 spiro atoms. The fourth-order valence-corrected chi connectivity index (χ4v) is 6.21. The number of amides is 4. The van der Waals surface area contributed by atoms with Gasteiger partial charge in [0.25, 0.3) is 5.91 Å². The molecule has 1 aliphatic carbocycles. The Kier molecular flexibility index (Phi) is 18.5. The van der Waals surface area contributed by atoms with Crippen molar-refractivity contribution < 1.29 is 38.2 Å². The second kappa shape index (κ2) is 22.8. The highest BCUT2D eigenvalue weighted by Crippen LogP contribution is 2.25. The summed E-state index contributed by atoms with van der Waals surface area (Å²) in [5.74, 6) is -0.666. The van der Waals surface area contributed by atoms with Gasteiger partial charge in [0.2, 0.25) is 17.7 Å². The molecule has 0 aliphatic heterocycles. The van der Waals surface area contributed by atoms with Gasteiger partial charge in [0, 0.05) is 49.9 Å². The monoisotopic (exact) mass is 739 g/mol. The molecule has 1 aliphatic rings. The molecule has 3 N–H and O–H groups in total. The first-order chi connectivity index (χ1) is 25.4. The Morgan fingerprint density at radius 2 is 1.58 bits per heavy atom. The summed E-state index contributed by atoms with van der Waals surface area (Å²) in [5, 5.41) is 8.99. The van der Waals surface area contributed by atoms with Crippen LogP contribution in [0, 0.1) is 12.8 Å². The van der Waals surface area contributed by atoms with Crippen molar-refractivity contribution in [2.45, 2.75) is 111 Å². The fourth-order valence-electron chi connectivity index (χ4n) is 6.21. The summed E-state index contributed by atoms with van der Waals surface area (Å²) < 4.78 is 17.7. The zero-order chi connectivity index (χ0) is 38.6. The largest absolute Gasteiger partial charge is 0.460 e. The third-order valence-corrected chi connectivity index (χ3v) is 8.92. The van der Waals surface area contributed by atoms with E-state index in [1.807, 2.05) is 58.9 Å². The molecule has 0 atom stereocenters. The van der Waals surface area contributed by atoms with Gasteiger partial charge in [0.1, 0.15) is 17.8 Å². The van der Waals surface area contributed by atoms with Crippen LogP contribution in [0.3, 0.4) is 0 Å². The SMILES string of the molecule is CCN(C(=O)Cn1cccc1C(=O)N[C@H]1CC[C@H](C(=O)NCCCCCC(=O)NCCOCCOCCC(=O)OC(C)(C)C)CC1)c1cccc(C)c1. The van der Waals surface area contributed by atoms with E-state index in [-0.39, 0.29) is 61.1 Å². The van der Waals surface area contributed by atoms with E-state index in [1.165, 1.54) is 0 Å². The van der Waals surface area contributed by atoms with E-state index in [9.17, 15) is 24.0 Å². The zero-order valence-electron chi connectivity index (χ0n) is 32.4. The van der Waals surface area contributed by atoms with Crippen molar-refractivity contribution in [1.29, 1.82) is 0 Å². The molecule has 294 valence electrons. The molecular formula is C40H61N5O8. The number of rotatable bonds is 22. The number of aromatic nitrogens is 1. The average Bonchev–Trinajstić information content (AvgIpc) is 3.57. The molecular weight excluding hydrogens is 678 g/mol. The zero-order valence-corrected chi connectivity index (χ0v) is 32.4. The molecule has 1 fully saturated rings. The van der Waals surface area contributed by atoms with Crippen molar-refractivity contribution >= 4 is 35.3 Å². The normalized spacial score (nSPS) is 15.7. The number of aryl methyl sites for hydroxylation is 1. The van der Waals surface area contributed by atoms with E-state index in [0.29, 0.717) is 77.3 Å². The summed E-state index contributed by atoms with van der Waals surface area (Å²) in [6.07, 6.45) is 7.56. The predicted molar refractivity (Wildman–Crippen MR) is 203 cm³/mol. The van der Waals surface area contributed by atoms with Gasteiger partial charge in [-0.25, -0.2) is 0 Å². The van der Waals surface area contributed by atoms with Gasteiger partial charge < -0.3 is 39.6 Å². The van der Waals surface area contributed by atoms with E-state index in [4.69, 9.17) is 14.2 Å². The quantitative estimate of drug-likeness (QED) is 0.116. The van der Waals surface area contributed by atoms with Crippen molar-refractivity contribution in [3.05, 3.63) is 53.9 Å². The van der Waals surface area contributed by atoms with Crippen LogP contribution in [-0.2, 0) is 39.9 Å². The Morgan fingerprint density at radius 1 is 0.849 bits per heavy atom. The van der Waals surface area contributed by atoms with Crippen LogP contribution in [0.15, 0.2) is 42.6 Å². The molecule has 1 aromatic carbocycles. The highest BCUT2D eigenvalue weighted by atomic mass is 16.6. The van der Waals surface area contributed by atoms with E-state index in [0.717, 1.165) is 30.5 Å². The number of likely N-dealkylation sites (N-methyl/N-ethyl adjacent to an activating group) is 1. The van der Waals surface area contributed by atoms with Crippen molar-refractivity contribution in [2.75, 3.05) is 51.0 Å². The lowest BCUT2D eigenvalue weighted by Gasteiger charge is -2.28.